The minimum atomic E-state index is -4.21. The van der Waals surface area contributed by atoms with Gasteiger partial charge in [-0.15, -0.1) is 0 Å². The largest absolute Gasteiger partial charge is 0.455 e. The Bertz CT molecular complexity index is 1070. The van der Waals surface area contributed by atoms with Crippen LogP contribution in [0, 0.1) is 17.0 Å². The number of carbonyl (C=O) groups excluding carboxylic acids is 2. The number of benzene rings is 2. The van der Waals surface area contributed by atoms with Crippen LogP contribution in [0.25, 0.3) is 0 Å². The van der Waals surface area contributed by atoms with Crippen molar-refractivity contribution in [1.29, 1.82) is 0 Å². The summed E-state index contributed by atoms with van der Waals surface area (Å²) in [5.41, 5.74) is 1.09. The lowest BCUT2D eigenvalue weighted by atomic mass is 10.2. The molecule has 0 aliphatic rings. The first-order valence-electron chi connectivity index (χ1n) is 8.61. The van der Waals surface area contributed by atoms with Crippen molar-refractivity contribution in [3.05, 3.63) is 58.1 Å². The van der Waals surface area contributed by atoms with Crippen molar-refractivity contribution in [3.8, 4) is 0 Å². The lowest BCUT2D eigenvalue weighted by Gasteiger charge is -2.10. The zero-order valence-electron chi connectivity index (χ0n) is 16.2. The molecule has 0 unspecified atom stereocenters. The van der Waals surface area contributed by atoms with Gasteiger partial charge in [-0.25, -0.2) is 8.42 Å². The molecule has 2 aromatic carbocycles. The first-order chi connectivity index (χ1) is 14.1. The average molecular weight is 436 g/mol. The van der Waals surface area contributed by atoms with Crippen molar-refractivity contribution >= 4 is 39.0 Å². The van der Waals surface area contributed by atoms with E-state index < -0.39 is 50.6 Å². The van der Waals surface area contributed by atoms with E-state index in [2.05, 4.69) is 10.6 Å². The number of amides is 1. The van der Waals surface area contributed by atoms with Crippen LogP contribution in [0.5, 0.6) is 0 Å². The Balaban J connectivity index is 1.92. The van der Waals surface area contributed by atoms with Crippen LogP contribution >= 0.6 is 0 Å². The van der Waals surface area contributed by atoms with E-state index in [-0.39, 0.29) is 5.69 Å². The highest BCUT2D eigenvalue weighted by atomic mass is 32.2. The minimum absolute atomic E-state index is 0.137. The second kappa shape index (κ2) is 9.80. The topological polar surface area (TPSA) is 157 Å². The minimum Gasteiger partial charge on any atom is -0.455 e. The highest BCUT2D eigenvalue weighted by Crippen LogP contribution is 2.26. The van der Waals surface area contributed by atoms with Gasteiger partial charge in [0.15, 0.2) is 6.61 Å². The number of rotatable bonds is 9. The van der Waals surface area contributed by atoms with Crippen LogP contribution in [0.4, 0.5) is 17.1 Å². The number of nitro groups is 1. The number of aryl methyl sites for hydroxylation is 1. The van der Waals surface area contributed by atoms with E-state index in [0.29, 0.717) is 5.69 Å². The molecular weight excluding hydrogens is 416 g/mol. The Morgan fingerprint density at radius 3 is 2.47 bits per heavy atom. The van der Waals surface area contributed by atoms with Crippen LogP contribution in [-0.4, -0.2) is 45.4 Å². The molecule has 0 bridgehead atoms. The number of hydrogen-bond acceptors (Lipinski definition) is 8. The second-order valence-corrected chi connectivity index (χ2v) is 7.80. The van der Waals surface area contributed by atoms with Gasteiger partial charge in [0.2, 0.25) is 10.0 Å². The van der Waals surface area contributed by atoms with Gasteiger partial charge in [-0.05, 0) is 30.7 Å². The Kier molecular flexibility index (Phi) is 7.44. The summed E-state index contributed by atoms with van der Waals surface area (Å²) in [5.74, 6) is -1.57. The molecule has 0 aromatic heterocycles. The molecular formula is C18H20N4O7S. The van der Waals surface area contributed by atoms with Gasteiger partial charge >= 0.3 is 5.97 Å². The molecule has 0 saturated heterocycles. The van der Waals surface area contributed by atoms with E-state index in [1.54, 1.807) is 31.2 Å². The zero-order valence-corrected chi connectivity index (χ0v) is 17.0. The van der Waals surface area contributed by atoms with Gasteiger partial charge in [-0.2, -0.15) is 4.72 Å². The third-order valence-electron chi connectivity index (χ3n) is 3.94. The first kappa shape index (κ1) is 22.8. The van der Waals surface area contributed by atoms with E-state index in [9.17, 15) is 28.1 Å². The van der Waals surface area contributed by atoms with Gasteiger partial charge in [-0.3, -0.25) is 19.7 Å². The number of hydrogen-bond donors (Lipinski definition) is 3. The van der Waals surface area contributed by atoms with E-state index in [1.165, 1.54) is 13.1 Å². The molecule has 0 aliphatic carbocycles. The Labute approximate surface area is 172 Å². The molecule has 12 heteroatoms. The lowest BCUT2D eigenvalue weighted by molar-refractivity contribution is -0.384. The van der Waals surface area contributed by atoms with Crippen molar-refractivity contribution in [2.45, 2.75) is 11.8 Å². The normalized spacial score (nSPS) is 10.9. The molecule has 1 amide bonds. The molecule has 160 valence electrons. The summed E-state index contributed by atoms with van der Waals surface area (Å²) in [4.78, 5) is 33.6. The molecule has 0 spiro atoms. The molecule has 11 nitrogen and oxygen atoms in total. The van der Waals surface area contributed by atoms with Gasteiger partial charge in [0, 0.05) is 18.8 Å². The number of nitro benzene ring substituents is 1. The van der Waals surface area contributed by atoms with Gasteiger partial charge < -0.3 is 15.4 Å². The zero-order chi connectivity index (χ0) is 22.3. The van der Waals surface area contributed by atoms with Crippen LogP contribution in [-0.2, 0) is 24.3 Å². The van der Waals surface area contributed by atoms with Crippen molar-refractivity contribution in [3.63, 3.8) is 0 Å². The van der Waals surface area contributed by atoms with Gasteiger partial charge in [0.1, 0.15) is 12.2 Å². The van der Waals surface area contributed by atoms with Gasteiger partial charge in [0.25, 0.3) is 11.6 Å². The van der Waals surface area contributed by atoms with E-state index in [1.807, 2.05) is 4.72 Å². The first-order valence-corrected chi connectivity index (χ1v) is 10.1. The summed E-state index contributed by atoms with van der Waals surface area (Å²) >= 11 is 0. The SMILES string of the molecule is CNc1ccc(S(=O)(=O)NCC(=O)OCC(=O)Nc2ccccc2C)cc1[N+](=O)[O-]. The van der Waals surface area contributed by atoms with Crippen LogP contribution in [0.15, 0.2) is 47.4 Å². The van der Waals surface area contributed by atoms with Gasteiger partial charge in [-0.1, -0.05) is 18.2 Å². The highest BCUT2D eigenvalue weighted by Gasteiger charge is 2.22. The van der Waals surface area contributed by atoms with Crippen molar-refractivity contribution in [2.24, 2.45) is 0 Å². The van der Waals surface area contributed by atoms with Crippen LogP contribution < -0.4 is 15.4 Å². The molecule has 0 fully saturated rings. The highest BCUT2D eigenvalue weighted by molar-refractivity contribution is 7.89. The fraction of sp³-hybridized carbons (Fsp3) is 0.222. The summed E-state index contributed by atoms with van der Waals surface area (Å²) in [6.45, 7) is 0.447. The number of carbonyl (C=O) groups is 2. The number of nitrogens with one attached hydrogen (secondary N) is 3. The quantitative estimate of drug-likeness (QED) is 0.302. The fourth-order valence-electron chi connectivity index (χ4n) is 2.37. The Morgan fingerprint density at radius 2 is 1.83 bits per heavy atom. The number of esters is 1. The maximum Gasteiger partial charge on any atom is 0.321 e. The number of para-hydroxylation sites is 1. The summed E-state index contributed by atoms with van der Waals surface area (Å²) in [7, 11) is -2.75. The van der Waals surface area contributed by atoms with E-state index >= 15 is 0 Å². The van der Waals surface area contributed by atoms with Crippen LogP contribution in [0.2, 0.25) is 0 Å². The van der Waals surface area contributed by atoms with Crippen molar-refractivity contribution in [1.82, 2.24) is 4.72 Å². The Hall–Kier alpha value is -3.51. The predicted octanol–water partition coefficient (Wildman–Crippen LogP) is 1.41. The third kappa shape index (κ3) is 5.99. The second-order valence-electron chi connectivity index (χ2n) is 6.03. The molecule has 2 aromatic rings. The van der Waals surface area contributed by atoms with Crippen molar-refractivity contribution in [2.75, 3.05) is 30.8 Å². The molecule has 0 aliphatic heterocycles. The molecule has 30 heavy (non-hydrogen) atoms. The summed E-state index contributed by atoms with van der Waals surface area (Å²) in [6, 6.07) is 10.3. The fourth-order valence-corrected chi connectivity index (χ4v) is 3.36. The van der Waals surface area contributed by atoms with Crippen molar-refractivity contribution < 1.29 is 27.7 Å². The maximum absolute atomic E-state index is 12.3. The summed E-state index contributed by atoms with van der Waals surface area (Å²) < 4.78 is 31.3. The average Bonchev–Trinajstić information content (AvgIpc) is 2.72. The van der Waals surface area contributed by atoms with Crippen LogP contribution in [0.1, 0.15) is 5.56 Å². The van der Waals surface area contributed by atoms with E-state index in [0.717, 1.165) is 17.7 Å². The predicted molar refractivity (Wildman–Crippen MR) is 109 cm³/mol. The third-order valence-corrected chi connectivity index (χ3v) is 5.33. The molecule has 0 atom stereocenters. The Morgan fingerprint density at radius 1 is 1.13 bits per heavy atom. The molecule has 0 radical (unpaired) electrons. The molecule has 3 N–H and O–H groups in total. The smallest absolute Gasteiger partial charge is 0.321 e. The van der Waals surface area contributed by atoms with E-state index in [4.69, 9.17) is 4.74 Å². The standard InChI is InChI=1S/C18H20N4O7S/c1-12-5-3-4-6-14(12)21-17(23)11-29-18(24)10-20-30(27,28)13-7-8-15(19-2)16(9-13)22(25)26/h3-9,19-20H,10-11H2,1-2H3,(H,21,23). The summed E-state index contributed by atoms with van der Waals surface area (Å²) in [6.07, 6.45) is 0. The van der Waals surface area contributed by atoms with Gasteiger partial charge in [0.05, 0.1) is 9.82 Å². The lowest BCUT2D eigenvalue weighted by Crippen LogP contribution is -2.32. The molecule has 0 heterocycles. The number of anilines is 2. The monoisotopic (exact) mass is 436 g/mol. The summed E-state index contributed by atoms with van der Waals surface area (Å²) in [5, 5.41) is 16.2. The van der Waals surface area contributed by atoms with Crippen LogP contribution in [0.3, 0.4) is 0 Å². The number of ether oxygens (including phenoxy) is 1. The number of nitrogens with zero attached hydrogens (tertiary/aromatic N) is 1. The maximum atomic E-state index is 12.3. The number of sulfonamides is 1. The molecule has 0 saturated carbocycles. The molecule has 2 rings (SSSR count).